The van der Waals surface area contributed by atoms with Gasteiger partial charge in [0, 0.05) is 12.5 Å². The third-order valence-corrected chi connectivity index (χ3v) is 2.89. The van der Waals surface area contributed by atoms with Gasteiger partial charge in [-0.1, -0.05) is 12.8 Å². The highest BCUT2D eigenvalue weighted by atomic mass is 19.3. The average Bonchev–Trinajstić information content (AvgIpc) is 2.30. The smallest absolute Gasteiger partial charge is 0.251 e. The van der Waals surface area contributed by atoms with Gasteiger partial charge in [-0.2, -0.15) is 0 Å². The summed E-state index contributed by atoms with van der Waals surface area (Å²) in [6.07, 6.45) is 2.13. The van der Waals surface area contributed by atoms with Crippen molar-refractivity contribution >= 4 is 5.78 Å². The first kappa shape index (κ1) is 12.6. The van der Waals surface area contributed by atoms with E-state index in [1.54, 1.807) is 4.90 Å². The molecule has 1 unspecified atom stereocenters. The molecule has 15 heavy (non-hydrogen) atoms. The summed E-state index contributed by atoms with van der Waals surface area (Å²) in [6, 6.07) is 0.0407. The van der Waals surface area contributed by atoms with Crippen LogP contribution in [-0.2, 0) is 4.79 Å². The third-order valence-electron chi connectivity index (χ3n) is 2.89. The molecule has 1 saturated heterocycles. The van der Waals surface area contributed by atoms with Gasteiger partial charge in [0.2, 0.25) is 0 Å². The van der Waals surface area contributed by atoms with E-state index in [2.05, 4.69) is 0 Å². The maximum absolute atomic E-state index is 12.3. The zero-order valence-corrected chi connectivity index (χ0v) is 9.22. The molecule has 0 spiro atoms. The summed E-state index contributed by atoms with van der Waals surface area (Å²) < 4.78 is 24.7. The van der Waals surface area contributed by atoms with Crippen molar-refractivity contribution in [2.45, 2.75) is 51.5 Å². The van der Waals surface area contributed by atoms with Crippen LogP contribution in [0.2, 0.25) is 0 Å². The Labute approximate surface area is 89.6 Å². The fraction of sp³-hybridized carbons (Fsp3) is 0.909. The lowest BCUT2D eigenvalue weighted by molar-refractivity contribution is -0.118. The molecule has 0 aromatic rings. The summed E-state index contributed by atoms with van der Waals surface area (Å²) >= 11 is 0. The van der Waals surface area contributed by atoms with E-state index in [-0.39, 0.29) is 18.4 Å². The number of rotatable bonds is 4. The summed E-state index contributed by atoms with van der Waals surface area (Å²) in [7, 11) is 0. The van der Waals surface area contributed by atoms with Crippen molar-refractivity contribution in [2.75, 3.05) is 13.1 Å². The van der Waals surface area contributed by atoms with Gasteiger partial charge in [-0.05, 0) is 26.3 Å². The highest BCUT2D eigenvalue weighted by molar-refractivity contribution is 5.76. The number of carbonyl (C=O) groups excluding carboxylic acids is 1. The Morgan fingerprint density at radius 1 is 1.40 bits per heavy atom. The summed E-state index contributed by atoms with van der Waals surface area (Å²) in [5.74, 6) is 0.0983. The van der Waals surface area contributed by atoms with Crippen LogP contribution in [0.1, 0.15) is 39.0 Å². The molecule has 0 radical (unpaired) electrons. The lowest BCUT2D eigenvalue weighted by Gasteiger charge is -2.28. The predicted octanol–water partition coefficient (Wildman–Crippen LogP) is 2.48. The Kier molecular flexibility index (Phi) is 5.15. The maximum atomic E-state index is 12.3. The van der Waals surface area contributed by atoms with Crippen molar-refractivity contribution in [3.8, 4) is 0 Å². The van der Waals surface area contributed by atoms with Crippen molar-refractivity contribution in [3.63, 3.8) is 0 Å². The van der Waals surface area contributed by atoms with Gasteiger partial charge < -0.3 is 0 Å². The number of Topliss-reactive ketones (excluding diaryl/α,β-unsaturated/α-hetero) is 1. The van der Waals surface area contributed by atoms with E-state index < -0.39 is 6.43 Å². The van der Waals surface area contributed by atoms with Gasteiger partial charge in [-0.25, -0.2) is 8.78 Å². The number of nitrogens with zero attached hydrogens (tertiary/aromatic N) is 1. The van der Waals surface area contributed by atoms with Gasteiger partial charge in [0.25, 0.3) is 6.43 Å². The largest absolute Gasteiger partial charge is 0.300 e. The summed E-state index contributed by atoms with van der Waals surface area (Å²) in [5.41, 5.74) is 0. The molecule has 0 aliphatic carbocycles. The van der Waals surface area contributed by atoms with Crippen LogP contribution in [0.5, 0.6) is 0 Å². The van der Waals surface area contributed by atoms with Crippen molar-refractivity contribution in [1.82, 2.24) is 4.90 Å². The molecule has 1 heterocycles. The molecule has 1 atom stereocenters. The van der Waals surface area contributed by atoms with Crippen LogP contribution in [-0.4, -0.2) is 36.2 Å². The lowest BCUT2D eigenvalue weighted by atomic mass is 10.0. The highest BCUT2D eigenvalue weighted by Gasteiger charge is 2.24. The van der Waals surface area contributed by atoms with Gasteiger partial charge in [0.1, 0.15) is 5.78 Å². The van der Waals surface area contributed by atoms with Crippen LogP contribution in [0.4, 0.5) is 8.78 Å². The number of hydrogen-bond acceptors (Lipinski definition) is 2. The Morgan fingerprint density at radius 2 is 2.13 bits per heavy atom. The number of likely N-dealkylation sites (tertiary alicyclic amines) is 1. The van der Waals surface area contributed by atoms with Crippen molar-refractivity contribution < 1.29 is 13.6 Å². The molecule has 88 valence electrons. The van der Waals surface area contributed by atoms with Gasteiger partial charge in [0.15, 0.2) is 0 Å². The minimum absolute atomic E-state index is 0.0407. The van der Waals surface area contributed by atoms with E-state index >= 15 is 0 Å². The van der Waals surface area contributed by atoms with E-state index in [9.17, 15) is 13.6 Å². The maximum Gasteiger partial charge on any atom is 0.251 e. The Balaban J connectivity index is 2.54. The molecule has 1 aliphatic rings. The molecule has 4 heteroatoms. The van der Waals surface area contributed by atoms with Crippen LogP contribution in [0.25, 0.3) is 0 Å². The van der Waals surface area contributed by atoms with Gasteiger partial charge in [0.05, 0.1) is 6.54 Å². The minimum Gasteiger partial charge on any atom is -0.300 e. The number of halogens is 2. The number of ketones is 1. The van der Waals surface area contributed by atoms with Gasteiger partial charge in [-0.15, -0.1) is 0 Å². The SMILES string of the molecule is CC(=O)CC1CCCCCN1CC(F)F. The topological polar surface area (TPSA) is 20.3 Å². The number of carbonyl (C=O) groups is 1. The third kappa shape index (κ3) is 4.69. The molecule has 1 aliphatic heterocycles. The zero-order valence-electron chi connectivity index (χ0n) is 9.22. The first-order valence-corrected chi connectivity index (χ1v) is 5.61. The highest BCUT2D eigenvalue weighted by Crippen LogP contribution is 2.20. The van der Waals surface area contributed by atoms with Crippen LogP contribution < -0.4 is 0 Å². The monoisotopic (exact) mass is 219 g/mol. The van der Waals surface area contributed by atoms with E-state index in [4.69, 9.17) is 0 Å². The summed E-state index contributed by atoms with van der Waals surface area (Å²) in [4.78, 5) is 12.8. The quantitative estimate of drug-likeness (QED) is 0.724. The minimum atomic E-state index is -2.29. The normalized spacial score (nSPS) is 24.1. The molecule has 1 rings (SSSR count). The molecule has 0 amide bonds. The summed E-state index contributed by atoms with van der Waals surface area (Å²) in [5, 5.41) is 0. The molecule has 1 fully saturated rings. The zero-order chi connectivity index (χ0) is 11.3. The molecule has 2 nitrogen and oxygen atoms in total. The molecule has 0 bridgehead atoms. The first-order valence-electron chi connectivity index (χ1n) is 5.61. The van der Waals surface area contributed by atoms with Gasteiger partial charge >= 0.3 is 0 Å². The average molecular weight is 219 g/mol. The van der Waals surface area contributed by atoms with Crippen LogP contribution >= 0.6 is 0 Å². The number of alkyl halides is 2. The number of hydrogen-bond donors (Lipinski definition) is 0. The first-order chi connectivity index (χ1) is 7.09. The van der Waals surface area contributed by atoms with Crippen molar-refractivity contribution in [2.24, 2.45) is 0 Å². The molecular weight excluding hydrogens is 200 g/mol. The van der Waals surface area contributed by atoms with E-state index in [0.717, 1.165) is 25.7 Å². The second kappa shape index (κ2) is 6.16. The fourth-order valence-corrected chi connectivity index (χ4v) is 2.22. The van der Waals surface area contributed by atoms with Crippen molar-refractivity contribution in [1.29, 1.82) is 0 Å². The fourth-order valence-electron chi connectivity index (χ4n) is 2.22. The Morgan fingerprint density at radius 3 is 2.73 bits per heavy atom. The van der Waals surface area contributed by atoms with Crippen LogP contribution in [0, 0.1) is 0 Å². The second-order valence-electron chi connectivity index (χ2n) is 4.30. The predicted molar refractivity (Wildman–Crippen MR) is 55.1 cm³/mol. The summed E-state index contributed by atoms with van der Waals surface area (Å²) in [6.45, 7) is 2.06. The Bertz CT molecular complexity index is 209. The second-order valence-corrected chi connectivity index (χ2v) is 4.30. The van der Waals surface area contributed by atoms with E-state index in [0.29, 0.717) is 13.0 Å². The molecule has 0 N–H and O–H groups in total. The van der Waals surface area contributed by atoms with Gasteiger partial charge in [-0.3, -0.25) is 9.69 Å². The van der Waals surface area contributed by atoms with Crippen LogP contribution in [0.3, 0.4) is 0 Å². The van der Waals surface area contributed by atoms with E-state index in [1.165, 1.54) is 6.92 Å². The standard InChI is InChI=1S/C11H19F2NO/c1-9(15)7-10-5-3-2-4-6-14(10)8-11(12)13/h10-11H,2-8H2,1H3. The molecule has 0 aromatic heterocycles. The van der Waals surface area contributed by atoms with E-state index in [1.807, 2.05) is 0 Å². The van der Waals surface area contributed by atoms with Crippen LogP contribution in [0.15, 0.2) is 0 Å². The van der Waals surface area contributed by atoms with Crippen molar-refractivity contribution in [3.05, 3.63) is 0 Å². The molecule has 0 aromatic carbocycles. The Hall–Kier alpha value is -0.510. The molecule has 0 saturated carbocycles. The molecular formula is C11H19F2NO. The lowest BCUT2D eigenvalue weighted by Crippen LogP contribution is -2.39.